The summed E-state index contributed by atoms with van der Waals surface area (Å²) in [6.07, 6.45) is 0. The van der Waals surface area contributed by atoms with Crippen molar-refractivity contribution in [3.8, 4) is 5.75 Å². The fraction of sp³-hybridized carbons (Fsp3) is 0.333. The van der Waals surface area contributed by atoms with Crippen molar-refractivity contribution in [2.75, 3.05) is 13.2 Å². The molecule has 1 N–H and O–H groups in total. The molecule has 2 rings (SSSR count). The van der Waals surface area contributed by atoms with E-state index < -0.39 is 0 Å². The van der Waals surface area contributed by atoms with Gasteiger partial charge in [0, 0.05) is 0 Å². The van der Waals surface area contributed by atoms with Crippen molar-refractivity contribution >= 4 is 0 Å². The lowest BCUT2D eigenvalue weighted by atomic mass is 10.0. The molecule has 0 saturated heterocycles. The van der Waals surface area contributed by atoms with Crippen LogP contribution in [-0.4, -0.2) is 13.2 Å². The van der Waals surface area contributed by atoms with Gasteiger partial charge in [0.1, 0.15) is 18.2 Å². The number of rotatable bonds is 6. The van der Waals surface area contributed by atoms with Crippen molar-refractivity contribution in [1.29, 1.82) is 0 Å². The van der Waals surface area contributed by atoms with Crippen molar-refractivity contribution in [3.05, 3.63) is 65.0 Å². The third kappa shape index (κ3) is 4.30. The van der Waals surface area contributed by atoms with Gasteiger partial charge in [-0.05, 0) is 61.3 Å². The number of aryl methyl sites for hydroxylation is 2. The van der Waals surface area contributed by atoms with Crippen LogP contribution in [0.25, 0.3) is 0 Å². The summed E-state index contributed by atoms with van der Waals surface area (Å²) in [4.78, 5) is 0. The second kappa shape index (κ2) is 7.23. The minimum Gasteiger partial charge on any atom is -0.492 e. The van der Waals surface area contributed by atoms with Crippen LogP contribution >= 0.6 is 0 Å². The Morgan fingerprint density at radius 3 is 2.38 bits per heavy atom. The van der Waals surface area contributed by atoms with Gasteiger partial charge in [-0.2, -0.15) is 0 Å². The molecule has 0 spiro atoms. The molecular weight excluding hydrogens is 265 g/mol. The highest BCUT2D eigenvalue weighted by molar-refractivity contribution is 5.32. The summed E-state index contributed by atoms with van der Waals surface area (Å²) >= 11 is 0. The molecule has 112 valence electrons. The van der Waals surface area contributed by atoms with Crippen LogP contribution in [0.4, 0.5) is 4.39 Å². The van der Waals surface area contributed by atoms with Crippen molar-refractivity contribution in [1.82, 2.24) is 5.32 Å². The molecule has 0 amide bonds. The molecule has 0 heterocycles. The Hall–Kier alpha value is -1.87. The van der Waals surface area contributed by atoms with Gasteiger partial charge in [-0.3, -0.25) is 0 Å². The average molecular weight is 287 g/mol. The Balaban J connectivity index is 2.07. The fourth-order valence-corrected chi connectivity index (χ4v) is 2.21. The van der Waals surface area contributed by atoms with Crippen LogP contribution < -0.4 is 10.1 Å². The molecule has 0 aliphatic carbocycles. The Labute approximate surface area is 126 Å². The van der Waals surface area contributed by atoms with Crippen LogP contribution in [0.1, 0.15) is 29.7 Å². The van der Waals surface area contributed by atoms with Crippen molar-refractivity contribution in [3.63, 3.8) is 0 Å². The quantitative estimate of drug-likeness (QED) is 0.861. The predicted molar refractivity (Wildman–Crippen MR) is 84.2 cm³/mol. The van der Waals surface area contributed by atoms with Crippen molar-refractivity contribution in [2.45, 2.75) is 26.8 Å². The van der Waals surface area contributed by atoms with E-state index in [1.807, 2.05) is 0 Å². The molecule has 2 aromatic rings. The Kier molecular flexibility index (Phi) is 5.34. The first-order valence-corrected chi connectivity index (χ1v) is 7.29. The smallest absolute Gasteiger partial charge is 0.123 e. The lowest BCUT2D eigenvalue weighted by Crippen LogP contribution is -2.26. The molecule has 0 saturated carbocycles. The summed E-state index contributed by atoms with van der Waals surface area (Å²) in [5, 5.41) is 3.43. The van der Waals surface area contributed by atoms with Crippen molar-refractivity contribution in [2.24, 2.45) is 0 Å². The number of hydrogen-bond acceptors (Lipinski definition) is 2. The zero-order valence-electron chi connectivity index (χ0n) is 12.8. The van der Waals surface area contributed by atoms with Crippen LogP contribution in [0.2, 0.25) is 0 Å². The van der Waals surface area contributed by atoms with Crippen LogP contribution in [0.3, 0.4) is 0 Å². The summed E-state index contributed by atoms with van der Waals surface area (Å²) in [6.45, 7) is 7.68. The number of ether oxygens (including phenoxy) is 1. The summed E-state index contributed by atoms with van der Waals surface area (Å²) in [5.74, 6) is 0.433. The van der Waals surface area contributed by atoms with E-state index in [0.29, 0.717) is 12.4 Å². The number of halogens is 1. The molecule has 3 heteroatoms. The van der Waals surface area contributed by atoms with Gasteiger partial charge in [0.05, 0.1) is 6.04 Å². The average Bonchev–Trinajstić information content (AvgIpc) is 2.48. The molecule has 2 aromatic carbocycles. The monoisotopic (exact) mass is 287 g/mol. The third-order valence-corrected chi connectivity index (χ3v) is 3.61. The van der Waals surface area contributed by atoms with Gasteiger partial charge >= 0.3 is 0 Å². The van der Waals surface area contributed by atoms with Crippen molar-refractivity contribution < 1.29 is 9.13 Å². The molecule has 0 fully saturated rings. The number of nitrogens with one attached hydrogen (secondary N) is 1. The Morgan fingerprint density at radius 1 is 1.05 bits per heavy atom. The number of benzene rings is 2. The summed E-state index contributed by atoms with van der Waals surface area (Å²) in [7, 11) is 0. The number of likely N-dealkylation sites (N-methyl/N-ethyl adjacent to an activating group) is 1. The Morgan fingerprint density at radius 2 is 1.76 bits per heavy atom. The molecule has 0 aromatic heterocycles. The second-order valence-electron chi connectivity index (χ2n) is 5.22. The lowest BCUT2D eigenvalue weighted by Gasteiger charge is -2.20. The first-order chi connectivity index (χ1) is 10.1. The van der Waals surface area contributed by atoms with Crippen LogP contribution in [-0.2, 0) is 0 Å². The zero-order chi connectivity index (χ0) is 15.2. The van der Waals surface area contributed by atoms with Crippen LogP contribution in [0.5, 0.6) is 5.75 Å². The molecule has 0 radical (unpaired) electrons. The maximum absolute atomic E-state index is 12.9. The minimum absolute atomic E-state index is 0.124. The summed E-state index contributed by atoms with van der Waals surface area (Å²) < 4.78 is 18.7. The van der Waals surface area contributed by atoms with Crippen LogP contribution in [0, 0.1) is 19.7 Å². The first-order valence-electron chi connectivity index (χ1n) is 7.29. The van der Waals surface area contributed by atoms with E-state index in [1.54, 1.807) is 12.1 Å². The molecule has 21 heavy (non-hydrogen) atoms. The second-order valence-corrected chi connectivity index (χ2v) is 5.22. The van der Waals surface area contributed by atoms with E-state index in [2.05, 4.69) is 44.3 Å². The van der Waals surface area contributed by atoms with E-state index >= 15 is 0 Å². The molecule has 2 nitrogen and oxygen atoms in total. The largest absolute Gasteiger partial charge is 0.492 e. The SMILES string of the molecule is CCNC(COc1ccc(F)cc1)c1ccc(C)c(C)c1. The topological polar surface area (TPSA) is 21.3 Å². The predicted octanol–water partition coefficient (Wildman–Crippen LogP) is 4.17. The third-order valence-electron chi connectivity index (χ3n) is 3.61. The van der Waals surface area contributed by atoms with E-state index in [-0.39, 0.29) is 11.9 Å². The zero-order valence-corrected chi connectivity index (χ0v) is 12.8. The minimum atomic E-state index is -0.250. The van der Waals surface area contributed by atoms with Gasteiger partial charge in [-0.1, -0.05) is 25.1 Å². The summed E-state index contributed by atoms with van der Waals surface area (Å²) in [6, 6.07) is 12.7. The van der Waals surface area contributed by atoms with E-state index in [4.69, 9.17) is 4.74 Å². The molecule has 0 bridgehead atoms. The highest BCUT2D eigenvalue weighted by atomic mass is 19.1. The van der Waals surface area contributed by atoms with Gasteiger partial charge in [0.2, 0.25) is 0 Å². The highest BCUT2D eigenvalue weighted by Crippen LogP contribution is 2.19. The maximum Gasteiger partial charge on any atom is 0.123 e. The molecule has 1 atom stereocenters. The van der Waals surface area contributed by atoms with Gasteiger partial charge < -0.3 is 10.1 Å². The van der Waals surface area contributed by atoms with Gasteiger partial charge in [-0.25, -0.2) is 4.39 Å². The highest BCUT2D eigenvalue weighted by Gasteiger charge is 2.12. The van der Waals surface area contributed by atoms with Gasteiger partial charge in [0.15, 0.2) is 0 Å². The molecule has 0 aliphatic heterocycles. The molecular formula is C18H22FNO. The summed E-state index contributed by atoms with van der Waals surface area (Å²) in [5.41, 5.74) is 3.77. The maximum atomic E-state index is 12.9. The van der Waals surface area contributed by atoms with E-state index in [9.17, 15) is 4.39 Å². The van der Waals surface area contributed by atoms with E-state index in [0.717, 1.165) is 6.54 Å². The standard InChI is InChI=1S/C18H22FNO/c1-4-20-18(15-6-5-13(2)14(3)11-15)12-21-17-9-7-16(19)8-10-17/h5-11,18,20H,4,12H2,1-3H3. The van der Waals surface area contributed by atoms with E-state index in [1.165, 1.54) is 28.8 Å². The van der Waals surface area contributed by atoms with Gasteiger partial charge in [0.25, 0.3) is 0 Å². The van der Waals surface area contributed by atoms with Crippen LogP contribution in [0.15, 0.2) is 42.5 Å². The number of hydrogen-bond donors (Lipinski definition) is 1. The normalized spacial score (nSPS) is 12.2. The molecule has 1 unspecified atom stereocenters. The lowest BCUT2D eigenvalue weighted by molar-refractivity contribution is 0.268. The Bertz CT molecular complexity index is 580. The first kappa shape index (κ1) is 15.5. The molecule has 0 aliphatic rings. The van der Waals surface area contributed by atoms with Gasteiger partial charge in [-0.15, -0.1) is 0 Å². The fourth-order valence-electron chi connectivity index (χ4n) is 2.21.